The van der Waals surface area contributed by atoms with Crippen molar-refractivity contribution < 1.29 is 4.74 Å². The molecule has 0 aromatic heterocycles. The van der Waals surface area contributed by atoms with Gasteiger partial charge in [0.05, 0.1) is 6.10 Å². The van der Waals surface area contributed by atoms with Crippen LogP contribution in [0.3, 0.4) is 0 Å². The molecule has 2 nitrogen and oxygen atoms in total. The van der Waals surface area contributed by atoms with Crippen LogP contribution in [0.1, 0.15) is 45.2 Å². The molecule has 0 bridgehead atoms. The van der Waals surface area contributed by atoms with Gasteiger partial charge in [-0.3, -0.25) is 0 Å². The number of hydrogen-bond acceptors (Lipinski definition) is 2. The fourth-order valence-corrected chi connectivity index (χ4v) is 1.74. The highest BCUT2D eigenvalue weighted by atomic mass is 16.5. The summed E-state index contributed by atoms with van der Waals surface area (Å²) in [6.07, 6.45) is 2.43. The predicted molar refractivity (Wildman–Crippen MR) is 68.9 cm³/mol. The minimum atomic E-state index is 0.324. The Balaban J connectivity index is 2.86. The van der Waals surface area contributed by atoms with Gasteiger partial charge in [0.1, 0.15) is 5.75 Å². The standard InChI is InChI=1S/C14H23NO/c1-5-12(6-2)16-14-10-8-7-9-13(14)11(3)15-4/h7-12,15H,5-6H2,1-4H3. The van der Waals surface area contributed by atoms with Crippen LogP contribution in [-0.2, 0) is 0 Å². The van der Waals surface area contributed by atoms with Gasteiger partial charge in [-0.2, -0.15) is 0 Å². The molecule has 1 rings (SSSR count). The summed E-state index contributed by atoms with van der Waals surface area (Å²) in [5.74, 6) is 1.01. The van der Waals surface area contributed by atoms with Gasteiger partial charge in [0, 0.05) is 11.6 Å². The molecule has 0 heterocycles. The highest BCUT2D eigenvalue weighted by molar-refractivity contribution is 5.35. The van der Waals surface area contributed by atoms with Crippen LogP contribution in [-0.4, -0.2) is 13.2 Å². The Bertz CT molecular complexity index is 307. The Labute approximate surface area is 99.0 Å². The van der Waals surface area contributed by atoms with Gasteiger partial charge in [-0.05, 0) is 32.9 Å². The van der Waals surface area contributed by atoms with E-state index in [2.05, 4.69) is 44.3 Å². The Morgan fingerprint density at radius 1 is 1.19 bits per heavy atom. The quantitative estimate of drug-likeness (QED) is 0.793. The van der Waals surface area contributed by atoms with E-state index >= 15 is 0 Å². The molecular weight excluding hydrogens is 198 g/mol. The van der Waals surface area contributed by atoms with Gasteiger partial charge in [-0.25, -0.2) is 0 Å². The lowest BCUT2D eigenvalue weighted by atomic mass is 10.1. The van der Waals surface area contributed by atoms with E-state index in [1.165, 1.54) is 5.56 Å². The molecule has 0 fully saturated rings. The molecule has 1 aromatic carbocycles. The molecule has 2 heteroatoms. The monoisotopic (exact) mass is 221 g/mol. The van der Waals surface area contributed by atoms with Crippen LogP contribution in [0.2, 0.25) is 0 Å². The van der Waals surface area contributed by atoms with E-state index in [1.54, 1.807) is 0 Å². The first kappa shape index (κ1) is 13.0. The summed E-state index contributed by atoms with van der Waals surface area (Å²) < 4.78 is 6.03. The van der Waals surface area contributed by atoms with Crippen molar-refractivity contribution in [2.45, 2.75) is 45.8 Å². The summed E-state index contributed by atoms with van der Waals surface area (Å²) in [6.45, 7) is 6.48. The molecule has 0 saturated heterocycles. The molecule has 0 aliphatic rings. The molecule has 90 valence electrons. The second kappa shape index (κ2) is 6.54. The summed E-state index contributed by atoms with van der Waals surface area (Å²) in [5.41, 5.74) is 1.23. The van der Waals surface area contributed by atoms with Crippen molar-refractivity contribution in [3.8, 4) is 5.75 Å². The van der Waals surface area contributed by atoms with Crippen molar-refractivity contribution in [3.05, 3.63) is 29.8 Å². The molecule has 0 aliphatic carbocycles. The number of nitrogens with one attached hydrogen (secondary N) is 1. The van der Waals surface area contributed by atoms with Gasteiger partial charge in [0.25, 0.3) is 0 Å². The SMILES string of the molecule is CCC(CC)Oc1ccccc1C(C)NC. The van der Waals surface area contributed by atoms with Gasteiger partial charge < -0.3 is 10.1 Å². The zero-order valence-corrected chi connectivity index (χ0v) is 10.8. The fraction of sp³-hybridized carbons (Fsp3) is 0.571. The Hall–Kier alpha value is -1.02. The topological polar surface area (TPSA) is 21.3 Å². The van der Waals surface area contributed by atoms with Crippen LogP contribution >= 0.6 is 0 Å². The molecule has 1 unspecified atom stereocenters. The van der Waals surface area contributed by atoms with E-state index in [4.69, 9.17) is 4.74 Å². The third-order valence-corrected chi connectivity index (χ3v) is 3.02. The molecule has 0 spiro atoms. The molecule has 0 aliphatic heterocycles. The predicted octanol–water partition coefficient (Wildman–Crippen LogP) is 3.53. The van der Waals surface area contributed by atoms with Crippen LogP contribution in [0.4, 0.5) is 0 Å². The van der Waals surface area contributed by atoms with Crippen molar-refractivity contribution in [2.24, 2.45) is 0 Å². The zero-order chi connectivity index (χ0) is 12.0. The van der Waals surface area contributed by atoms with Crippen molar-refractivity contribution in [1.82, 2.24) is 5.32 Å². The number of ether oxygens (including phenoxy) is 1. The Kier molecular flexibility index (Phi) is 5.33. The van der Waals surface area contributed by atoms with Crippen molar-refractivity contribution >= 4 is 0 Å². The van der Waals surface area contributed by atoms with E-state index in [0.29, 0.717) is 12.1 Å². The van der Waals surface area contributed by atoms with Crippen LogP contribution in [0.15, 0.2) is 24.3 Å². The average Bonchev–Trinajstić information content (AvgIpc) is 2.35. The molecule has 1 aromatic rings. The van der Waals surface area contributed by atoms with Gasteiger partial charge in [-0.1, -0.05) is 32.0 Å². The second-order valence-corrected chi connectivity index (χ2v) is 4.10. The van der Waals surface area contributed by atoms with Crippen LogP contribution < -0.4 is 10.1 Å². The molecular formula is C14H23NO. The summed E-state index contributed by atoms with van der Waals surface area (Å²) >= 11 is 0. The number of rotatable bonds is 6. The van der Waals surface area contributed by atoms with E-state index in [1.807, 2.05) is 13.1 Å². The van der Waals surface area contributed by atoms with Gasteiger partial charge in [0.15, 0.2) is 0 Å². The lowest BCUT2D eigenvalue weighted by Crippen LogP contribution is -2.18. The first-order chi connectivity index (χ1) is 7.72. The highest BCUT2D eigenvalue weighted by Crippen LogP contribution is 2.26. The van der Waals surface area contributed by atoms with E-state index in [0.717, 1.165) is 18.6 Å². The minimum Gasteiger partial charge on any atom is -0.490 e. The summed E-state index contributed by atoms with van der Waals surface area (Å²) in [4.78, 5) is 0. The Morgan fingerprint density at radius 3 is 2.38 bits per heavy atom. The molecule has 0 radical (unpaired) electrons. The zero-order valence-electron chi connectivity index (χ0n) is 10.8. The lowest BCUT2D eigenvalue weighted by Gasteiger charge is -2.21. The van der Waals surface area contributed by atoms with Gasteiger partial charge >= 0.3 is 0 Å². The molecule has 1 atom stereocenters. The number of benzene rings is 1. The molecule has 1 N–H and O–H groups in total. The molecule has 0 amide bonds. The third kappa shape index (κ3) is 3.24. The lowest BCUT2D eigenvalue weighted by molar-refractivity contribution is 0.190. The van der Waals surface area contributed by atoms with Gasteiger partial charge in [-0.15, -0.1) is 0 Å². The highest BCUT2D eigenvalue weighted by Gasteiger charge is 2.12. The third-order valence-electron chi connectivity index (χ3n) is 3.02. The number of hydrogen-bond donors (Lipinski definition) is 1. The van der Waals surface area contributed by atoms with Crippen LogP contribution in [0, 0.1) is 0 Å². The largest absolute Gasteiger partial charge is 0.490 e. The maximum absolute atomic E-state index is 6.03. The first-order valence-corrected chi connectivity index (χ1v) is 6.15. The Morgan fingerprint density at radius 2 is 1.81 bits per heavy atom. The minimum absolute atomic E-state index is 0.324. The van der Waals surface area contributed by atoms with E-state index in [-0.39, 0.29) is 0 Å². The smallest absolute Gasteiger partial charge is 0.124 e. The summed E-state index contributed by atoms with van der Waals surface area (Å²) in [7, 11) is 1.97. The van der Waals surface area contributed by atoms with Crippen molar-refractivity contribution in [2.75, 3.05) is 7.05 Å². The number of para-hydroxylation sites is 1. The molecule has 16 heavy (non-hydrogen) atoms. The second-order valence-electron chi connectivity index (χ2n) is 4.10. The van der Waals surface area contributed by atoms with Gasteiger partial charge in [0.2, 0.25) is 0 Å². The average molecular weight is 221 g/mol. The van der Waals surface area contributed by atoms with Crippen molar-refractivity contribution in [3.63, 3.8) is 0 Å². The normalized spacial score (nSPS) is 12.8. The summed E-state index contributed by atoms with van der Waals surface area (Å²) in [5, 5.41) is 3.25. The first-order valence-electron chi connectivity index (χ1n) is 6.15. The maximum Gasteiger partial charge on any atom is 0.124 e. The van der Waals surface area contributed by atoms with E-state index in [9.17, 15) is 0 Å². The fourth-order valence-electron chi connectivity index (χ4n) is 1.74. The molecule has 0 saturated carbocycles. The van der Waals surface area contributed by atoms with E-state index < -0.39 is 0 Å². The summed E-state index contributed by atoms with van der Waals surface area (Å²) in [6, 6.07) is 8.60. The van der Waals surface area contributed by atoms with Crippen molar-refractivity contribution in [1.29, 1.82) is 0 Å². The van der Waals surface area contributed by atoms with Crippen LogP contribution in [0.25, 0.3) is 0 Å². The van der Waals surface area contributed by atoms with Crippen LogP contribution in [0.5, 0.6) is 5.75 Å². The maximum atomic E-state index is 6.03.